The molecule has 4 aromatic rings. The van der Waals surface area contributed by atoms with Crippen molar-refractivity contribution in [3.05, 3.63) is 79.1 Å². The van der Waals surface area contributed by atoms with Gasteiger partial charge in [0, 0.05) is 6.54 Å². The fraction of sp³-hybridized carbons (Fsp3) is 0.174. The number of carbonyl (C=O) groups is 1. The van der Waals surface area contributed by atoms with Crippen LogP contribution in [0.4, 0.5) is 0 Å². The standard InChI is InChI=1S/C23H22N4O2S/c1-3-13-27-22(20-12-7-14-29-20)25-26-23(27)30-15-21(28)24-16(2)18-11-6-9-17-8-4-5-10-19(17)18/h3-12,14,16H,1,13,15H2,2H3,(H,24,28). The molecule has 0 fully saturated rings. The van der Waals surface area contributed by atoms with Crippen LogP contribution in [0.5, 0.6) is 0 Å². The van der Waals surface area contributed by atoms with E-state index in [2.05, 4.69) is 46.4 Å². The Morgan fingerprint density at radius 1 is 1.20 bits per heavy atom. The van der Waals surface area contributed by atoms with Gasteiger partial charge in [-0.15, -0.1) is 16.8 Å². The highest BCUT2D eigenvalue weighted by Crippen LogP contribution is 2.26. The second-order valence-corrected chi connectivity index (χ2v) is 7.77. The van der Waals surface area contributed by atoms with E-state index < -0.39 is 0 Å². The number of nitrogens with zero attached hydrogens (tertiary/aromatic N) is 3. The number of allylic oxidation sites excluding steroid dienone is 1. The number of furan rings is 1. The molecule has 0 bridgehead atoms. The molecule has 30 heavy (non-hydrogen) atoms. The van der Waals surface area contributed by atoms with Crippen LogP contribution < -0.4 is 5.32 Å². The van der Waals surface area contributed by atoms with Gasteiger partial charge < -0.3 is 9.73 Å². The summed E-state index contributed by atoms with van der Waals surface area (Å²) in [7, 11) is 0. The minimum atomic E-state index is -0.103. The third-order valence-corrected chi connectivity index (χ3v) is 5.74. The van der Waals surface area contributed by atoms with Gasteiger partial charge in [0.05, 0.1) is 18.1 Å². The average Bonchev–Trinajstić information content (AvgIpc) is 3.42. The van der Waals surface area contributed by atoms with Crippen LogP contribution in [0.15, 0.2) is 83.1 Å². The first kappa shape index (κ1) is 20.0. The van der Waals surface area contributed by atoms with E-state index in [0.29, 0.717) is 23.3 Å². The highest BCUT2D eigenvalue weighted by Gasteiger charge is 2.18. The highest BCUT2D eigenvalue weighted by atomic mass is 32.2. The van der Waals surface area contributed by atoms with Crippen molar-refractivity contribution in [1.29, 1.82) is 0 Å². The van der Waals surface area contributed by atoms with Crippen LogP contribution in [-0.2, 0) is 11.3 Å². The molecule has 4 rings (SSSR count). The lowest BCUT2D eigenvalue weighted by Crippen LogP contribution is -2.28. The lowest BCUT2D eigenvalue weighted by Gasteiger charge is -2.16. The van der Waals surface area contributed by atoms with E-state index in [-0.39, 0.29) is 17.7 Å². The third kappa shape index (κ3) is 4.16. The predicted octanol–water partition coefficient (Wildman–Crippen LogP) is 4.85. The number of nitrogens with one attached hydrogen (secondary N) is 1. The number of carbonyl (C=O) groups excluding carboxylic acids is 1. The number of fused-ring (bicyclic) bond motifs is 1. The molecule has 2 heterocycles. The van der Waals surface area contributed by atoms with Gasteiger partial charge in [-0.3, -0.25) is 9.36 Å². The fourth-order valence-corrected chi connectivity index (χ4v) is 4.16. The van der Waals surface area contributed by atoms with E-state index in [9.17, 15) is 4.79 Å². The summed E-state index contributed by atoms with van der Waals surface area (Å²) in [5.74, 6) is 1.42. The number of benzene rings is 2. The molecule has 1 amide bonds. The van der Waals surface area contributed by atoms with E-state index in [1.54, 1.807) is 18.4 Å². The van der Waals surface area contributed by atoms with Crippen LogP contribution >= 0.6 is 11.8 Å². The second kappa shape index (κ2) is 9.00. The fourth-order valence-electron chi connectivity index (χ4n) is 3.40. The number of hydrogen-bond acceptors (Lipinski definition) is 5. The van der Waals surface area contributed by atoms with Crippen molar-refractivity contribution in [2.45, 2.75) is 24.7 Å². The van der Waals surface area contributed by atoms with Gasteiger partial charge >= 0.3 is 0 Å². The summed E-state index contributed by atoms with van der Waals surface area (Å²) in [4.78, 5) is 12.6. The lowest BCUT2D eigenvalue weighted by atomic mass is 10.00. The smallest absolute Gasteiger partial charge is 0.230 e. The monoisotopic (exact) mass is 418 g/mol. The maximum absolute atomic E-state index is 12.6. The topological polar surface area (TPSA) is 73.0 Å². The molecule has 0 saturated heterocycles. The Morgan fingerprint density at radius 2 is 2.03 bits per heavy atom. The van der Waals surface area contributed by atoms with E-state index in [0.717, 1.165) is 16.3 Å². The minimum Gasteiger partial charge on any atom is -0.461 e. The van der Waals surface area contributed by atoms with Gasteiger partial charge in [0.2, 0.25) is 11.7 Å². The summed E-state index contributed by atoms with van der Waals surface area (Å²) < 4.78 is 7.32. The zero-order valence-corrected chi connectivity index (χ0v) is 17.4. The zero-order chi connectivity index (χ0) is 20.9. The SMILES string of the molecule is C=CCn1c(SCC(=O)NC(C)c2cccc3ccccc23)nnc1-c1ccco1. The molecule has 0 aliphatic heterocycles. The first-order chi connectivity index (χ1) is 14.7. The molecule has 0 aliphatic carbocycles. The van der Waals surface area contributed by atoms with Crippen LogP contribution in [-0.4, -0.2) is 26.4 Å². The largest absolute Gasteiger partial charge is 0.461 e. The zero-order valence-electron chi connectivity index (χ0n) is 16.6. The van der Waals surface area contributed by atoms with Gasteiger partial charge in [0.25, 0.3) is 0 Å². The van der Waals surface area contributed by atoms with Crippen molar-refractivity contribution in [2.75, 3.05) is 5.75 Å². The van der Waals surface area contributed by atoms with Crippen LogP contribution in [0, 0.1) is 0 Å². The first-order valence-corrected chi connectivity index (χ1v) is 10.6. The first-order valence-electron chi connectivity index (χ1n) is 9.65. The predicted molar refractivity (Wildman–Crippen MR) is 119 cm³/mol. The van der Waals surface area contributed by atoms with Crippen LogP contribution in [0.3, 0.4) is 0 Å². The molecule has 2 aromatic heterocycles. The number of rotatable bonds is 8. The number of aromatic nitrogens is 3. The summed E-state index contributed by atoms with van der Waals surface area (Å²) in [6.45, 7) is 6.32. The van der Waals surface area contributed by atoms with Crippen LogP contribution in [0.25, 0.3) is 22.4 Å². The number of amides is 1. The van der Waals surface area contributed by atoms with Gasteiger partial charge in [0.15, 0.2) is 10.9 Å². The van der Waals surface area contributed by atoms with Crippen molar-refractivity contribution in [3.8, 4) is 11.6 Å². The molecule has 2 aromatic carbocycles. The summed E-state index contributed by atoms with van der Waals surface area (Å²) >= 11 is 1.34. The molecule has 0 radical (unpaired) electrons. The summed E-state index contributed by atoms with van der Waals surface area (Å²) in [5.41, 5.74) is 1.10. The quantitative estimate of drug-likeness (QED) is 0.327. The maximum atomic E-state index is 12.6. The molecule has 6 nitrogen and oxygen atoms in total. The van der Waals surface area contributed by atoms with E-state index in [1.807, 2.05) is 35.8 Å². The Hall–Kier alpha value is -3.32. The molecule has 0 spiro atoms. The maximum Gasteiger partial charge on any atom is 0.230 e. The van der Waals surface area contributed by atoms with Crippen molar-refractivity contribution >= 4 is 28.4 Å². The Bertz CT molecular complexity index is 1160. The van der Waals surface area contributed by atoms with Crippen molar-refractivity contribution in [2.24, 2.45) is 0 Å². The Balaban J connectivity index is 1.44. The Labute approximate surface area is 179 Å². The van der Waals surface area contributed by atoms with Crippen molar-refractivity contribution < 1.29 is 9.21 Å². The van der Waals surface area contributed by atoms with Gasteiger partial charge in [0.1, 0.15) is 0 Å². The molecule has 0 aliphatic rings. The number of hydrogen-bond donors (Lipinski definition) is 1. The molecule has 7 heteroatoms. The molecule has 152 valence electrons. The molecular weight excluding hydrogens is 396 g/mol. The van der Waals surface area contributed by atoms with E-state index >= 15 is 0 Å². The summed E-state index contributed by atoms with van der Waals surface area (Å²) in [5, 5.41) is 14.5. The number of thioether (sulfide) groups is 1. The Morgan fingerprint density at radius 3 is 2.83 bits per heavy atom. The molecule has 1 atom stereocenters. The molecule has 1 N–H and O–H groups in total. The van der Waals surface area contributed by atoms with Crippen LogP contribution in [0.2, 0.25) is 0 Å². The van der Waals surface area contributed by atoms with E-state index in [1.165, 1.54) is 11.8 Å². The molecule has 0 saturated carbocycles. The van der Waals surface area contributed by atoms with Gasteiger partial charge in [-0.05, 0) is 35.4 Å². The second-order valence-electron chi connectivity index (χ2n) is 6.83. The normalized spacial score (nSPS) is 12.0. The summed E-state index contributed by atoms with van der Waals surface area (Å²) in [6.07, 6.45) is 3.36. The van der Waals surface area contributed by atoms with Crippen LogP contribution in [0.1, 0.15) is 18.5 Å². The molecule has 1 unspecified atom stereocenters. The van der Waals surface area contributed by atoms with E-state index in [4.69, 9.17) is 4.42 Å². The van der Waals surface area contributed by atoms with Gasteiger partial charge in [-0.2, -0.15) is 0 Å². The minimum absolute atomic E-state index is 0.0619. The van der Waals surface area contributed by atoms with Crippen molar-refractivity contribution in [3.63, 3.8) is 0 Å². The summed E-state index contributed by atoms with van der Waals surface area (Å²) in [6, 6.07) is 17.9. The lowest BCUT2D eigenvalue weighted by molar-refractivity contribution is -0.119. The van der Waals surface area contributed by atoms with Gasteiger partial charge in [-0.25, -0.2) is 0 Å². The third-order valence-electron chi connectivity index (χ3n) is 4.77. The van der Waals surface area contributed by atoms with Gasteiger partial charge in [-0.1, -0.05) is 60.3 Å². The molecular formula is C23H22N4O2S. The van der Waals surface area contributed by atoms with Crippen molar-refractivity contribution in [1.82, 2.24) is 20.1 Å². The highest BCUT2D eigenvalue weighted by molar-refractivity contribution is 7.99. The Kier molecular flexibility index (Phi) is 5.99. The average molecular weight is 419 g/mol.